The molecule has 37 heavy (non-hydrogen) atoms. The van der Waals surface area contributed by atoms with Gasteiger partial charge in [-0.25, -0.2) is 0 Å². The van der Waals surface area contributed by atoms with Gasteiger partial charge in [-0.2, -0.15) is 0 Å². The number of phenolic OH excluding ortho intramolecular Hbond substituents is 1. The highest BCUT2D eigenvalue weighted by molar-refractivity contribution is 5.49. The second kappa shape index (κ2) is 15.9. The Kier molecular flexibility index (Phi) is 13.0. The molecule has 3 rings (SSSR count). The van der Waals surface area contributed by atoms with Crippen LogP contribution in [0.2, 0.25) is 0 Å². The van der Waals surface area contributed by atoms with Gasteiger partial charge in [-0.3, -0.25) is 9.80 Å². The highest BCUT2D eigenvalue weighted by atomic mass is 16.5. The molecule has 0 bridgehead atoms. The van der Waals surface area contributed by atoms with Crippen molar-refractivity contribution in [2.24, 2.45) is 0 Å². The quantitative estimate of drug-likeness (QED) is 0.280. The predicted octanol–water partition coefficient (Wildman–Crippen LogP) is 6.17. The monoisotopic (exact) mass is 518 g/mol. The van der Waals surface area contributed by atoms with E-state index in [0.29, 0.717) is 17.6 Å². The molecule has 1 N–H and O–H groups in total. The van der Waals surface area contributed by atoms with E-state index in [1.807, 2.05) is 6.07 Å². The van der Waals surface area contributed by atoms with Crippen molar-refractivity contribution in [3.05, 3.63) is 23.3 Å². The highest BCUT2D eigenvalue weighted by Crippen LogP contribution is 2.40. The lowest BCUT2D eigenvalue weighted by Crippen LogP contribution is -2.43. The van der Waals surface area contributed by atoms with Crippen LogP contribution >= 0.6 is 0 Å². The lowest BCUT2D eigenvalue weighted by atomic mass is 9.86. The molecular weight excluding hydrogens is 464 g/mol. The van der Waals surface area contributed by atoms with E-state index in [0.717, 1.165) is 82.2 Å². The number of aromatic hydroxyl groups is 1. The Morgan fingerprint density at radius 2 is 1.35 bits per heavy atom. The molecule has 2 aliphatic rings. The average Bonchev–Trinajstić information content (AvgIpc) is 2.88. The van der Waals surface area contributed by atoms with Crippen LogP contribution in [0.25, 0.3) is 0 Å². The Labute approximate surface area is 226 Å². The number of benzene rings is 1. The van der Waals surface area contributed by atoms with E-state index in [9.17, 15) is 5.11 Å². The molecule has 0 aliphatic carbocycles. The fraction of sp³-hybridized carbons (Fsp3) is 0.806. The van der Waals surface area contributed by atoms with Crippen molar-refractivity contribution in [3.8, 4) is 11.5 Å². The fourth-order valence-corrected chi connectivity index (χ4v) is 6.13. The fourth-order valence-electron chi connectivity index (χ4n) is 6.13. The summed E-state index contributed by atoms with van der Waals surface area (Å²) >= 11 is 0. The molecule has 1 aromatic rings. The van der Waals surface area contributed by atoms with Crippen molar-refractivity contribution in [1.82, 2.24) is 9.80 Å². The minimum Gasteiger partial charge on any atom is -0.508 e. The van der Waals surface area contributed by atoms with Crippen molar-refractivity contribution < 1.29 is 19.3 Å². The van der Waals surface area contributed by atoms with Gasteiger partial charge < -0.3 is 19.3 Å². The largest absolute Gasteiger partial charge is 0.508 e. The van der Waals surface area contributed by atoms with Gasteiger partial charge in [-0.15, -0.1) is 0 Å². The topological polar surface area (TPSA) is 54.4 Å². The normalized spacial score (nSPS) is 23.2. The Balaban J connectivity index is 1.86. The lowest BCUT2D eigenvalue weighted by Gasteiger charge is -2.35. The third-order valence-corrected chi connectivity index (χ3v) is 8.18. The number of nitrogens with zero attached hydrogens (tertiary/aromatic N) is 2. The van der Waals surface area contributed by atoms with Crippen molar-refractivity contribution in [3.63, 3.8) is 0 Å². The number of hydrogen-bond acceptors (Lipinski definition) is 6. The smallest absolute Gasteiger partial charge is 0.122 e. The van der Waals surface area contributed by atoms with Crippen LogP contribution in [-0.2, 0) is 9.47 Å². The van der Waals surface area contributed by atoms with Crippen LogP contribution in [0.1, 0.15) is 102 Å². The summed E-state index contributed by atoms with van der Waals surface area (Å²) in [7, 11) is 1.79. The second-order valence-electron chi connectivity index (χ2n) is 11.4. The average molecular weight is 519 g/mol. The van der Waals surface area contributed by atoms with Gasteiger partial charge in [0.2, 0.25) is 0 Å². The van der Waals surface area contributed by atoms with Crippen molar-refractivity contribution in [2.75, 3.05) is 59.6 Å². The molecule has 0 aromatic heterocycles. The van der Waals surface area contributed by atoms with E-state index in [1.54, 1.807) is 7.11 Å². The molecule has 6 heteroatoms. The number of methoxy groups -OCH3 is 1. The first-order chi connectivity index (χ1) is 17.9. The lowest BCUT2D eigenvalue weighted by molar-refractivity contribution is -0.0207. The predicted molar refractivity (Wildman–Crippen MR) is 152 cm³/mol. The summed E-state index contributed by atoms with van der Waals surface area (Å²) in [6.07, 6.45) is 9.99. The first-order valence-corrected chi connectivity index (χ1v) is 15.0. The summed E-state index contributed by atoms with van der Waals surface area (Å²) in [5.74, 6) is 2.00. The third-order valence-electron chi connectivity index (χ3n) is 8.18. The number of ether oxygens (including phenoxy) is 3. The standard InChI is InChI=1S/C31H54N2O4/c1-6-8-10-12-26(22-32-14-16-36-24(3)20-32)28-19-31(35-5)29(18-30(28)34)27(13-11-9-7-2)23-33-15-17-37-25(4)21-33/h18-19,24-27,34H,6-17,20-23H2,1-5H3. The van der Waals surface area contributed by atoms with E-state index in [-0.39, 0.29) is 12.2 Å². The molecule has 2 heterocycles. The van der Waals surface area contributed by atoms with Crippen LogP contribution in [-0.4, -0.2) is 86.7 Å². The first-order valence-electron chi connectivity index (χ1n) is 15.0. The van der Waals surface area contributed by atoms with Gasteiger partial charge in [0.05, 0.1) is 32.5 Å². The van der Waals surface area contributed by atoms with Crippen molar-refractivity contribution in [2.45, 2.75) is 103 Å². The maximum absolute atomic E-state index is 11.5. The summed E-state index contributed by atoms with van der Waals surface area (Å²) in [5, 5.41) is 11.5. The van der Waals surface area contributed by atoms with Crippen LogP contribution < -0.4 is 4.74 Å². The summed E-state index contributed by atoms with van der Waals surface area (Å²) in [6, 6.07) is 4.21. The van der Waals surface area contributed by atoms with E-state index in [1.165, 1.54) is 38.5 Å². The Morgan fingerprint density at radius 1 is 0.838 bits per heavy atom. The molecule has 4 unspecified atom stereocenters. The van der Waals surface area contributed by atoms with Gasteiger partial charge in [-0.1, -0.05) is 52.4 Å². The number of phenols is 1. The molecule has 212 valence electrons. The number of morpholine rings is 2. The maximum Gasteiger partial charge on any atom is 0.122 e. The van der Waals surface area contributed by atoms with Gasteiger partial charge in [0.15, 0.2) is 0 Å². The van der Waals surface area contributed by atoms with Crippen molar-refractivity contribution >= 4 is 0 Å². The van der Waals surface area contributed by atoms with Crippen LogP contribution in [0, 0.1) is 0 Å². The van der Waals surface area contributed by atoms with E-state index in [4.69, 9.17) is 14.2 Å². The number of hydrogen-bond donors (Lipinski definition) is 1. The zero-order valence-corrected chi connectivity index (χ0v) is 24.3. The first kappa shape index (κ1) is 30.2. The maximum atomic E-state index is 11.5. The van der Waals surface area contributed by atoms with E-state index in [2.05, 4.69) is 43.6 Å². The van der Waals surface area contributed by atoms with Gasteiger partial charge in [-0.05, 0) is 38.8 Å². The molecular formula is C31H54N2O4. The molecule has 2 fully saturated rings. The van der Waals surface area contributed by atoms with E-state index >= 15 is 0 Å². The number of unbranched alkanes of at least 4 members (excludes halogenated alkanes) is 4. The molecule has 0 amide bonds. The molecule has 0 radical (unpaired) electrons. The van der Waals surface area contributed by atoms with Gasteiger partial charge in [0.25, 0.3) is 0 Å². The SMILES string of the molecule is CCCCCC(CN1CCOC(C)C1)c1cc(OC)c(C(CCCCC)CN2CCOC(C)C2)cc1O. The molecule has 4 atom stereocenters. The Bertz CT molecular complexity index is 789. The minimum atomic E-state index is 0.266. The molecule has 0 spiro atoms. The second-order valence-corrected chi connectivity index (χ2v) is 11.4. The van der Waals surface area contributed by atoms with Crippen molar-refractivity contribution in [1.29, 1.82) is 0 Å². The Hall–Kier alpha value is -1.34. The van der Waals surface area contributed by atoms with Crippen LogP contribution in [0.15, 0.2) is 12.1 Å². The summed E-state index contributed by atoms with van der Waals surface area (Å²) in [4.78, 5) is 5.04. The van der Waals surface area contributed by atoms with Gasteiger partial charge >= 0.3 is 0 Å². The molecule has 0 saturated carbocycles. The van der Waals surface area contributed by atoms with Crippen LogP contribution in [0.5, 0.6) is 11.5 Å². The minimum absolute atomic E-state index is 0.266. The number of rotatable bonds is 15. The van der Waals surface area contributed by atoms with E-state index < -0.39 is 0 Å². The highest BCUT2D eigenvalue weighted by Gasteiger charge is 2.27. The third kappa shape index (κ3) is 9.42. The Morgan fingerprint density at radius 3 is 1.81 bits per heavy atom. The van der Waals surface area contributed by atoms with Crippen LogP contribution in [0.4, 0.5) is 0 Å². The summed E-state index contributed by atoms with van der Waals surface area (Å²) < 4.78 is 17.6. The zero-order valence-electron chi connectivity index (χ0n) is 24.3. The molecule has 2 saturated heterocycles. The summed E-state index contributed by atoms with van der Waals surface area (Å²) in [5.41, 5.74) is 2.20. The molecule has 2 aliphatic heterocycles. The summed E-state index contributed by atoms with van der Waals surface area (Å²) in [6.45, 7) is 16.2. The van der Waals surface area contributed by atoms with Crippen LogP contribution in [0.3, 0.4) is 0 Å². The molecule has 1 aromatic carbocycles. The van der Waals surface area contributed by atoms with Gasteiger partial charge in [0.1, 0.15) is 11.5 Å². The zero-order chi connectivity index (χ0) is 26.6. The van der Waals surface area contributed by atoms with Gasteiger partial charge in [0, 0.05) is 62.2 Å². The molecule has 6 nitrogen and oxygen atoms in total.